The van der Waals surface area contributed by atoms with Gasteiger partial charge in [-0.15, -0.1) is 0 Å². The van der Waals surface area contributed by atoms with E-state index in [2.05, 4.69) is 5.32 Å². The molecule has 1 atom stereocenters. The SMILES string of the molecule is Cc1ccc(C(F)(F)F)cc1NC1CC(C)(C)OC1(C)C. The van der Waals surface area contributed by atoms with Crippen molar-refractivity contribution in [3.63, 3.8) is 0 Å². The quantitative estimate of drug-likeness (QED) is 0.849. The predicted molar refractivity (Wildman–Crippen MR) is 77.5 cm³/mol. The van der Waals surface area contributed by atoms with Crippen LogP contribution in [-0.2, 0) is 10.9 Å². The Balaban J connectivity index is 2.28. The number of ether oxygens (including phenoxy) is 1. The smallest absolute Gasteiger partial charge is 0.379 e. The van der Waals surface area contributed by atoms with Gasteiger partial charge in [0.15, 0.2) is 0 Å². The van der Waals surface area contributed by atoms with Crippen molar-refractivity contribution in [1.29, 1.82) is 0 Å². The minimum atomic E-state index is -4.33. The van der Waals surface area contributed by atoms with E-state index < -0.39 is 17.3 Å². The molecule has 1 aliphatic heterocycles. The highest BCUT2D eigenvalue weighted by Gasteiger charge is 2.46. The van der Waals surface area contributed by atoms with E-state index in [-0.39, 0.29) is 11.6 Å². The van der Waals surface area contributed by atoms with Crippen LogP contribution in [-0.4, -0.2) is 17.2 Å². The van der Waals surface area contributed by atoms with Gasteiger partial charge in [-0.1, -0.05) is 6.07 Å². The molecule has 0 aliphatic carbocycles. The fourth-order valence-electron chi connectivity index (χ4n) is 2.93. The van der Waals surface area contributed by atoms with Crippen LogP contribution < -0.4 is 5.32 Å². The molecule has 0 radical (unpaired) electrons. The van der Waals surface area contributed by atoms with Gasteiger partial charge in [-0.2, -0.15) is 13.2 Å². The van der Waals surface area contributed by atoms with Gasteiger partial charge in [0, 0.05) is 5.69 Å². The summed E-state index contributed by atoms with van der Waals surface area (Å²) in [6.45, 7) is 9.71. The van der Waals surface area contributed by atoms with E-state index >= 15 is 0 Å². The van der Waals surface area contributed by atoms with E-state index in [0.29, 0.717) is 5.69 Å². The van der Waals surface area contributed by atoms with Crippen LogP contribution in [0.5, 0.6) is 0 Å². The van der Waals surface area contributed by atoms with E-state index in [9.17, 15) is 13.2 Å². The Kier molecular flexibility index (Phi) is 3.77. The molecule has 0 bridgehead atoms. The van der Waals surface area contributed by atoms with Crippen LogP contribution in [0.3, 0.4) is 0 Å². The van der Waals surface area contributed by atoms with Crippen LogP contribution in [0, 0.1) is 6.92 Å². The van der Waals surface area contributed by atoms with Gasteiger partial charge in [0.05, 0.1) is 22.8 Å². The van der Waals surface area contributed by atoms with Gasteiger partial charge in [-0.3, -0.25) is 0 Å². The maximum Gasteiger partial charge on any atom is 0.416 e. The van der Waals surface area contributed by atoms with Gasteiger partial charge in [0.2, 0.25) is 0 Å². The molecule has 21 heavy (non-hydrogen) atoms. The molecular weight excluding hydrogens is 279 g/mol. The maximum absolute atomic E-state index is 12.8. The lowest BCUT2D eigenvalue weighted by Crippen LogP contribution is -2.38. The topological polar surface area (TPSA) is 21.3 Å². The minimum absolute atomic E-state index is 0.0327. The third-order valence-corrected chi connectivity index (χ3v) is 3.97. The fraction of sp³-hybridized carbons (Fsp3) is 0.625. The van der Waals surface area contributed by atoms with Crippen molar-refractivity contribution >= 4 is 5.69 Å². The molecule has 1 unspecified atom stereocenters. The summed E-state index contributed by atoms with van der Waals surface area (Å²) >= 11 is 0. The Bertz CT molecular complexity index is 535. The zero-order chi connectivity index (χ0) is 16.1. The van der Waals surface area contributed by atoms with Crippen molar-refractivity contribution in [3.8, 4) is 0 Å². The number of hydrogen-bond donors (Lipinski definition) is 1. The summed E-state index contributed by atoms with van der Waals surface area (Å²) in [7, 11) is 0. The standard InChI is InChI=1S/C16H22F3NO/c1-10-6-7-11(16(17,18)19)8-12(10)20-13-9-14(2,3)21-15(13,4)5/h6-8,13,20H,9H2,1-5H3. The second kappa shape index (κ2) is 4.90. The number of benzene rings is 1. The van der Waals surface area contributed by atoms with Gasteiger partial charge in [0.25, 0.3) is 0 Å². The van der Waals surface area contributed by atoms with E-state index in [4.69, 9.17) is 4.74 Å². The highest BCUT2D eigenvalue weighted by atomic mass is 19.4. The Morgan fingerprint density at radius 3 is 2.29 bits per heavy atom. The first-order chi connectivity index (χ1) is 9.41. The number of aryl methyl sites for hydroxylation is 1. The summed E-state index contributed by atoms with van der Waals surface area (Å²) < 4.78 is 44.5. The number of halogens is 3. The molecule has 2 rings (SSSR count). The summed E-state index contributed by atoms with van der Waals surface area (Å²) in [6, 6.07) is 3.76. The van der Waals surface area contributed by atoms with Crippen molar-refractivity contribution in [2.75, 3.05) is 5.32 Å². The van der Waals surface area contributed by atoms with Crippen molar-refractivity contribution in [1.82, 2.24) is 0 Å². The van der Waals surface area contributed by atoms with Crippen LogP contribution >= 0.6 is 0 Å². The van der Waals surface area contributed by atoms with Crippen molar-refractivity contribution < 1.29 is 17.9 Å². The predicted octanol–water partition coefficient (Wildman–Crippen LogP) is 4.77. The molecule has 0 amide bonds. The first-order valence-corrected chi connectivity index (χ1v) is 7.05. The highest BCUT2D eigenvalue weighted by Crippen LogP contribution is 2.40. The summed E-state index contributed by atoms with van der Waals surface area (Å²) in [5.74, 6) is 0. The third kappa shape index (κ3) is 3.51. The number of alkyl halides is 3. The lowest BCUT2D eigenvalue weighted by Gasteiger charge is -2.29. The second-order valence-electron chi connectivity index (χ2n) is 6.89. The molecular formula is C16H22F3NO. The molecule has 2 nitrogen and oxygen atoms in total. The Hall–Kier alpha value is -1.23. The molecule has 0 aromatic heterocycles. The molecule has 1 aromatic rings. The van der Waals surface area contributed by atoms with E-state index in [0.717, 1.165) is 18.1 Å². The summed E-state index contributed by atoms with van der Waals surface area (Å²) in [5.41, 5.74) is -0.0276. The van der Waals surface area contributed by atoms with Gasteiger partial charge >= 0.3 is 6.18 Å². The highest BCUT2D eigenvalue weighted by molar-refractivity contribution is 5.54. The molecule has 1 saturated heterocycles. The number of hydrogen-bond acceptors (Lipinski definition) is 2. The maximum atomic E-state index is 12.8. The van der Waals surface area contributed by atoms with Crippen LogP contribution in [0.2, 0.25) is 0 Å². The first kappa shape index (κ1) is 16.1. The third-order valence-electron chi connectivity index (χ3n) is 3.97. The van der Waals surface area contributed by atoms with Crippen LogP contribution in [0.15, 0.2) is 18.2 Å². The van der Waals surface area contributed by atoms with E-state index in [1.807, 2.05) is 27.7 Å². The molecule has 1 aliphatic rings. The molecule has 0 spiro atoms. The number of nitrogens with one attached hydrogen (secondary N) is 1. The average molecular weight is 301 g/mol. The number of anilines is 1. The molecule has 1 fully saturated rings. The lowest BCUT2D eigenvalue weighted by molar-refractivity contribution is -0.137. The first-order valence-electron chi connectivity index (χ1n) is 7.05. The Morgan fingerprint density at radius 1 is 1.19 bits per heavy atom. The molecule has 0 saturated carbocycles. The average Bonchev–Trinajstić information content (AvgIpc) is 2.48. The van der Waals surface area contributed by atoms with Gasteiger partial charge in [-0.25, -0.2) is 0 Å². The Labute approximate surface area is 123 Å². The zero-order valence-electron chi connectivity index (χ0n) is 13.1. The fourth-order valence-corrected chi connectivity index (χ4v) is 2.93. The minimum Gasteiger partial charge on any atom is -0.379 e. The normalized spacial score (nSPS) is 24.1. The van der Waals surface area contributed by atoms with Crippen molar-refractivity contribution in [3.05, 3.63) is 29.3 Å². The summed E-state index contributed by atoms with van der Waals surface area (Å²) in [6.07, 6.45) is -3.58. The Morgan fingerprint density at radius 2 is 1.81 bits per heavy atom. The van der Waals surface area contributed by atoms with Crippen molar-refractivity contribution in [2.24, 2.45) is 0 Å². The van der Waals surface area contributed by atoms with Crippen LogP contribution in [0.4, 0.5) is 18.9 Å². The summed E-state index contributed by atoms with van der Waals surface area (Å²) in [5, 5.41) is 3.24. The van der Waals surface area contributed by atoms with E-state index in [1.54, 1.807) is 6.92 Å². The number of rotatable bonds is 2. The summed E-state index contributed by atoms with van der Waals surface area (Å²) in [4.78, 5) is 0. The molecule has 1 N–H and O–H groups in total. The van der Waals surface area contributed by atoms with Gasteiger partial charge < -0.3 is 10.1 Å². The van der Waals surface area contributed by atoms with Gasteiger partial charge in [0.1, 0.15) is 0 Å². The molecule has 118 valence electrons. The lowest BCUT2D eigenvalue weighted by atomic mass is 9.93. The monoisotopic (exact) mass is 301 g/mol. The molecule has 5 heteroatoms. The molecule has 1 aromatic carbocycles. The van der Waals surface area contributed by atoms with E-state index in [1.165, 1.54) is 12.1 Å². The largest absolute Gasteiger partial charge is 0.416 e. The molecule has 1 heterocycles. The zero-order valence-corrected chi connectivity index (χ0v) is 13.1. The van der Waals surface area contributed by atoms with Crippen LogP contribution in [0.1, 0.15) is 45.2 Å². The van der Waals surface area contributed by atoms with Crippen LogP contribution in [0.25, 0.3) is 0 Å². The van der Waals surface area contributed by atoms with Gasteiger partial charge in [-0.05, 0) is 58.7 Å². The van der Waals surface area contributed by atoms with Crippen molar-refractivity contribution in [2.45, 2.75) is 64.5 Å². The second-order valence-corrected chi connectivity index (χ2v) is 6.89.